The monoisotopic (exact) mass is 892 g/mol. The van der Waals surface area contributed by atoms with Crippen molar-refractivity contribution >= 4 is 11.9 Å². The van der Waals surface area contributed by atoms with Crippen molar-refractivity contribution in [3.8, 4) is 0 Å². The van der Waals surface area contributed by atoms with Gasteiger partial charge in [-0.05, 0) is 25.7 Å². The molecule has 376 valence electrons. The van der Waals surface area contributed by atoms with Gasteiger partial charge >= 0.3 is 5.97 Å². The zero-order valence-electron chi connectivity index (χ0n) is 42.8. The Kier molecular flexibility index (Phi) is 52.5. The number of carbonyl (C=O) groups excluding carboxylic acids is 2. The SMILES string of the molecule is CCCCCCCCCCCCCCCCCCCC(O)C(CO)NC(=O)CCCCCCCCCCCCCCCCCCOC(=O)CCCCCCCCCCCCCCC. The van der Waals surface area contributed by atoms with Crippen LogP contribution in [0.2, 0.25) is 0 Å². The highest BCUT2D eigenvalue weighted by Crippen LogP contribution is 2.18. The number of amides is 1. The van der Waals surface area contributed by atoms with Crippen LogP contribution in [0.3, 0.4) is 0 Å². The lowest BCUT2D eigenvalue weighted by molar-refractivity contribution is -0.143. The number of esters is 1. The molecule has 0 aliphatic heterocycles. The first-order valence-corrected chi connectivity index (χ1v) is 28.8. The molecule has 3 N–H and O–H groups in total. The molecular weight excluding hydrogens is 779 g/mol. The van der Waals surface area contributed by atoms with Gasteiger partial charge in [0.2, 0.25) is 5.91 Å². The van der Waals surface area contributed by atoms with Crippen molar-refractivity contribution in [3.05, 3.63) is 0 Å². The third kappa shape index (κ3) is 50.1. The molecule has 0 aliphatic rings. The molecule has 6 nitrogen and oxygen atoms in total. The van der Waals surface area contributed by atoms with E-state index in [1.54, 1.807) is 0 Å². The van der Waals surface area contributed by atoms with Crippen molar-refractivity contribution in [2.45, 2.75) is 341 Å². The zero-order valence-corrected chi connectivity index (χ0v) is 42.8. The standard InChI is InChI=1S/C57H113NO5/c1-3-5-7-9-11-13-15-17-18-19-22-26-29-33-37-41-45-49-55(60)54(53-59)58-56(61)50-46-42-38-34-30-27-23-20-21-24-28-32-36-40-44-48-52-63-57(62)51-47-43-39-35-31-25-16-14-12-10-8-6-4-2/h54-55,59-60H,3-53H2,1-2H3,(H,58,61). The van der Waals surface area contributed by atoms with Crippen molar-refractivity contribution in [1.29, 1.82) is 0 Å². The second-order valence-corrected chi connectivity index (χ2v) is 20.0. The van der Waals surface area contributed by atoms with Gasteiger partial charge in [0, 0.05) is 12.8 Å². The fourth-order valence-electron chi connectivity index (χ4n) is 9.23. The van der Waals surface area contributed by atoms with Gasteiger partial charge in [-0.1, -0.05) is 290 Å². The summed E-state index contributed by atoms with van der Waals surface area (Å²) < 4.78 is 5.47. The first kappa shape index (κ1) is 61.9. The third-order valence-electron chi connectivity index (χ3n) is 13.7. The number of carbonyl (C=O) groups is 2. The molecule has 0 rings (SSSR count). The number of aliphatic hydroxyl groups excluding tert-OH is 2. The van der Waals surface area contributed by atoms with E-state index in [2.05, 4.69) is 19.2 Å². The van der Waals surface area contributed by atoms with E-state index in [0.717, 1.165) is 44.9 Å². The fraction of sp³-hybridized carbons (Fsp3) is 0.965. The largest absolute Gasteiger partial charge is 0.466 e. The quantitative estimate of drug-likeness (QED) is 0.0418. The lowest BCUT2D eigenvalue weighted by atomic mass is 10.0. The van der Waals surface area contributed by atoms with E-state index in [-0.39, 0.29) is 18.5 Å². The Hall–Kier alpha value is -1.14. The summed E-state index contributed by atoms with van der Waals surface area (Å²) in [7, 11) is 0. The maximum absolute atomic E-state index is 12.5. The number of hydrogen-bond acceptors (Lipinski definition) is 5. The molecule has 0 fully saturated rings. The van der Waals surface area contributed by atoms with Crippen LogP contribution in [0.4, 0.5) is 0 Å². The lowest BCUT2D eigenvalue weighted by Gasteiger charge is -2.22. The number of hydrogen-bond donors (Lipinski definition) is 3. The van der Waals surface area contributed by atoms with Crippen LogP contribution < -0.4 is 5.32 Å². The third-order valence-corrected chi connectivity index (χ3v) is 13.7. The van der Waals surface area contributed by atoms with Gasteiger partial charge < -0.3 is 20.3 Å². The molecule has 0 aliphatic carbocycles. The molecule has 0 saturated heterocycles. The summed E-state index contributed by atoms with van der Waals surface area (Å²) in [5.74, 6) is -0.0327. The molecule has 6 heteroatoms. The number of rotatable bonds is 54. The van der Waals surface area contributed by atoms with Crippen LogP contribution in [0, 0.1) is 0 Å². The summed E-state index contributed by atoms with van der Waals surface area (Å²) in [6.07, 6.45) is 60.8. The van der Waals surface area contributed by atoms with Gasteiger partial charge in [0.05, 0.1) is 25.4 Å². The molecule has 0 aromatic rings. The average molecular weight is 893 g/mol. The summed E-state index contributed by atoms with van der Waals surface area (Å²) in [5, 5.41) is 23.3. The topological polar surface area (TPSA) is 95.9 Å². The minimum Gasteiger partial charge on any atom is -0.466 e. The summed E-state index contributed by atoms with van der Waals surface area (Å²) in [6, 6.07) is -0.545. The predicted molar refractivity (Wildman–Crippen MR) is 274 cm³/mol. The molecule has 1 amide bonds. The minimum atomic E-state index is -0.667. The van der Waals surface area contributed by atoms with E-state index in [1.165, 1.54) is 250 Å². The van der Waals surface area contributed by atoms with E-state index >= 15 is 0 Å². The Balaban J connectivity index is 3.41. The van der Waals surface area contributed by atoms with E-state index in [0.29, 0.717) is 25.9 Å². The van der Waals surface area contributed by atoms with Crippen molar-refractivity contribution < 1.29 is 24.5 Å². The number of aliphatic hydroxyl groups is 2. The molecule has 0 saturated carbocycles. The zero-order chi connectivity index (χ0) is 45.8. The first-order chi connectivity index (χ1) is 31.0. The van der Waals surface area contributed by atoms with Gasteiger partial charge in [-0.3, -0.25) is 9.59 Å². The lowest BCUT2D eigenvalue weighted by Crippen LogP contribution is -2.45. The Morgan fingerprint density at radius 1 is 0.381 bits per heavy atom. The fourth-order valence-corrected chi connectivity index (χ4v) is 9.23. The predicted octanol–water partition coefficient (Wildman–Crippen LogP) is 17.5. The number of ether oxygens (including phenoxy) is 1. The summed E-state index contributed by atoms with van der Waals surface area (Å²) in [5.41, 5.74) is 0. The van der Waals surface area contributed by atoms with Crippen LogP contribution >= 0.6 is 0 Å². The second-order valence-electron chi connectivity index (χ2n) is 20.0. The highest BCUT2D eigenvalue weighted by atomic mass is 16.5. The second kappa shape index (κ2) is 53.5. The van der Waals surface area contributed by atoms with Crippen molar-refractivity contribution in [2.75, 3.05) is 13.2 Å². The molecule has 2 atom stereocenters. The Labute approximate surface area is 394 Å². The van der Waals surface area contributed by atoms with Gasteiger partial charge in [-0.25, -0.2) is 0 Å². The smallest absolute Gasteiger partial charge is 0.305 e. The number of nitrogens with one attached hydrogen (secondary N) is 1. The molecule has 0 radical (unpaired) electrons. The molecule has 0 aromatic heterocycles. The number of unbranched alkanes of at least 4 members (excludes halogenated alkanes) is 43. The normalized spacial score (nSPS) is 12.5. The Bertz CT molecular complexity index is 898. The minimum absolute atomic E-state index is 0.00572. The van der Waals surface area contributed by atoms with Crippen molar-refractivity contribution in [1.82, 2.24) is 5.32 Å². The van der Waals surface area contributed by atoms with E-state index in [1.807, 2.05) is 0 Å². The molecule has 63 heavy (non-hydrogen) atoms. The van der Waals surface area contributed by atoms with Crippen LogP contribution in [0.25, 0.3) is 0 Å². The van der Waals surface area contributed by atoms with Crippen molar-refractivity contribution in [2.24, 2.45) is 0 Å². The molecule has 2 unspecified atom stereocenters. The van der Waals surface area contributed by atoms with Gasteiger partial charge in [-0.15, -0.1) is 0 Å². The van der Waals surface area contributed by atoms with Crippen LogP contribution in [0.5, 0.6) is 0 Å². The van der Waals surface area contributed by atoms with E-state index < -0.39 is 12.1 Å². The maximum atomic E-state index is 12.5. The summed E-state index contributed by atoms with van der Waals surface area (Å²) in [6.45, 7) is 4.97. The van der Waals surface area contributed by atoms with E-state index in [4.69, 9.17) is 4.74 Å². The highest BCUT2D eigenvalue weighted by Gasteiger charge is 2.20. The van der Waals surface area contributed by atoms with Crippen LogP contribution in [-0.4, -0.2) is 47.4 Å². The molecular formula is C57H113NO5. The van der Waals surface area contributed by atoms with Crippen LogP contribution in [-0.2, 0) is 14.3 Å². The van der Waals surface area contributed by atoms with Gasteiger partial charge in [0.25, 0.3) is 0 Å². The molecule has 0 aromatic carbocycles. The van der Waals surface area contributed by atoms with Gasteiger partial charge in [-0.2, -0.15) is 0 Å². The van der Waals surface area contributed by atoms with Crippen LogP contribution in [0.15, 0.2) is 0 Å². The summed E-state index contributed by atoms with van der Waals surface area (Å²) in [4.78, 5) is 24.5. The Morgan fingerprint density at radius 3 is 0.968 bits per heavy atom. The van der Waals surface area contributed by atoms with Gasteiger partial charge in [0.1, 0.15) is 0 Å². The highest BCUT2D eigenvalue weighted by molar-refractivity contribution is 5.76. The van der Waals surface area contributed by atoms with Gasteiger partial charge in [0.15, 0.2) is 0 Å². The molecule has 0 bridgehead atoms. The summed E-state index contributed by atoms with van der Waals surface area (Å²) >= 11 is 0. The average Bonchev–Trinajstić information content (AvgIpc) is 3.28. The maximum Gasteiger partial charge on any atom is 0.305 e. The van der Waals surface area contributed by atoms with Crippen LogP contribution in [0.1, 0.15) is 328 Å². The van der Waals surface area contributed by atoms with Crippen molar-refractivity contribution in [3.63, 3.8) is 0 Å². The van der Waals surface area contributed by atoms with E-state index in [9.17, 15) is 19.8 Å². The molecule has 0 spiro atoms. The Morgan fingerprint density at radius 2 is 0.651 bits per heavy atom. The molecule has 0 heterocycles. The first-order valence-electron chi connectivity index (χ1n) is 28.8.